The predicted molar refractivity (Wildman–Crippen MR) is 75.2 cm³/mol. The molecule has 0 atom stereocenters. The summed E-state index contributed by atoms with van der Waals surface area (Å²) in [6.45, 7) is 0. The minimum absolute atomic E-state index is 0.463. The van der Waals surface area contributed by atoms with Crippen molar-refractivity contribution >= 4 is 23.2 Å². The van der Waals surface area contributed by atoms with Gasteiger partial charge in [0.2, 0.25) is 5.89 Å². The van der Waals surface area contributed by atoms with Gasteiger partial charge in [-0.15, -0.1) is 0 Å². The fraction of sp³-hybridized carbons (Fsp3) is 0. The van der Waals surface area contributed by atoms with Crippen molar-refractivity contribution in [3.05, 3.63) is 58.9 Å². The van der Waals surface area contributed by atoms with Gasteiger partial charge in [0.1, 0.15) is 12.0 Å². The summed E-state index contributed by atoms with van der Waals surface area (Å²) in [6, 6.07) is 10.8. The van der Waals surface area contributed by atoms with Crippen LogP contribution in [0.15, 0.2) is 53.3 Å². The molecule has 0 fully saturated rings. The third-order valence-electron chi connectivity index (χ3n) is 2.54. The SMILES string of the molecule is Clc1cc(Cl)cc(-c2nc(-c3ccccn3)co2)c1. The Morgan fingerprint density at radius 1 is 0.947 bits per heavy atom. The molecular formula is C14H8Cl2N2O. The molecule has 2 aromatic heterocycles. The molecule has 0 saturated carbocycles. The Balaban J connectivity index is 2.02. The number of nitrogens with zero attached hydrogens (tertiary/aromatic N) is 2. The molecule has 0 saturated heterocycles. The van der Waals surface area contributed by atoms with Gasteiger partial charge >= 0.3 is 0 Å². The van der Waals surface area contributed by atoms with Gasteiger partial charge < -0.3 is 4.42 Å². The Morgan fingerprint density at radius 3 is 2.42 bits per heavy atom. The predicted octanol–water partition coefficient (Wildman–Crippen LogP) is 4.71. The number of aromatic nitrogens is 2. The van der Waals surface area contributed by atoms with Crippen molar-refractivity contribution in [1.82, 2.24) is 9.97 Å². The maximum absolute atomic E-state index is 5.96. The molecule has 0 aliphatic heterocycles. The van der Waals surface area contributed by atoms with Crippen molar-refractivity contribution in [3.8, 4) is 22.8 Å². The van der Waals surface area contributed by atoms with E-state index in [1.54, 1.807) is 30.7 Å². The minimum atomic E-state index is 0.463. The highest BCUT2D eigenvalue weighted by molar-refractivity contribution is 6.35. The van der Waals surface area contributed by atoms with Crippen molar-refractivity contribution in [2.75, 3.05) is 0 Å². The second-order valence-electron chi connectivity index (χ2n) is 3.91. The number of hydrogen-bond acceptors (Lipinski definition) is 3. The zero-order chi connectivity index (χ0) is 13.2. The van der Waals surface area contributed by atoms with Crippen LogP contribution in [0.25, 0.3) is 22.8 Å². The van der Waals surface area contributed by atoms with Crippen LogP contribution in [0.4, 0.5) is 0 Å². The molecule has 0 aliphatic rings. The number of rotatable bonds is 2. The van der Waals surface area contributed by atoms with E-state index in [2.05, 4.69) is 9.97 Å². The first-order valence-corrected chi connectivity index (χ1v) is 6.31. The van der Waals surface area contributed by atoms with Gasteiger partial charge in [-0.2, -0.15) is 0 Å². The molecule has 0 radical (unpaired) electrons. The lowest BCUT2D eigenvalue weighted by molar-refractivity contribution is 0.575. The first-order chi connectivity index (χ1) is 9.22. The molecule has 0 N–H and O–H groups in total. The number of halogens is 2. The molecule has 5 heteroatoms. The van der Waals surface area contributed by atoms with E-state index < -0.39 is 0 Å². The Kier molecular flexibility index (Phi) is 3.23. The zero-order valence-electron chi connectivity index (χ0n) is 9.68. The number of oxazole rings is 1. The lowest BCUT2D eigenvalue weighted by Gasteiger charge is -1.98. The topological polar surface area (TPSA) is 38.9 Å². The van der Waals surface area contributed by atoms with Gasteiger partial charge in [0.25, 0.3) is 0 Å². The van der Waals surface area contributed by atoms with Gasteiger partial charge in [-0.3, -0.25) is 4.98 Å². The molecule has 3 aromatic rings. The van der Waals surface area contributed by atoms with Gasteiger partial charge in [0.05, 0.1) is 5.69 Å². The Morgan fingerprint density at radius 2 is 1.74 bits per heavy atom. The van der Waals surface area contributed by atoms with E-state index in [1.807, 2.05) is 18.2 Å². The van der Waals surface area contributed by atoms with Crippen LogP contribution in [0.3, 0.4) is 0 Å². The summed E-state index contributed by atoms with van der Waals surface area (Å²) in [6.07, 6.45) is 3.27. The fourth-order valence-electron chi connectivity index (χ4n) is 1.72. The third-order valence-corrected chi connectivity index (χ3v) is 2.98. The monoisotopic (exact) mass is 290 g/mol. The summed E-state index contributed by atoms with van der Waals surface area (Å²) >= 11 is 11.9. The van der Waals surface area contributed by atoms with Crippen molar-refractivity contribution in [2.24, 2.45) is 0 Å². The molecule has 3 nitrogen and oxygen atoms in total. The normalized spacial score (nSPS) is 10.6. The quantitative estimate of drug-likeness (QED) is 0.686. The van der Waals surface area contributed by atoms with Crippen molar-refractivity contribution in [1.29, 1.82) is 0 Å². The number of benzene rings is 1. The summed E-state index contributed by atoms with van der Waals surface area (Å²) in [5, 5.41) is 1.08. The summed E-state index contributed by atoms with van der Waals surface area (Å²) in [7, 11) is 0. The molecular weight excluding hydrogens is 283 g/mol. The van der Waals surface area contributed by atoms with E-state index in [4.69, 9.17) is 27.6 Å². The largest absolute Gasteiger partial charge is 0.444 e. The smallest absolute Gasteiger partial charge is 0.226 e. The highest BCUT2D eigenvalue weighted by Gasteiger charge is 2.10. The Bertz CT molecular complexity index is 690. The minimum Gasteiger partial charge on any atom is -0.444 e. The van der Waals surface area contributed by atoms with Gasteiger partial charge in [-0.1, -0.05) is 29.3 Å². The summed E-state index contributed by atoms with van der Waals surface area (Å²) in [4.78, 5) is 8.60. The highest BCUT2D eigenvalue weighted by Crippen LogP contribution is 2.28. The Hall–Kier alpha value is -1.84. The van der Waals surface area contributed by atoms with E-state index in [9.17, 15) is 0 Å². The van der Waals surface area contributed by atoms with Crippen molar-refractivity contribution in [3.63, 3.8) is 0 Å². The molecule has 0 spiro atoms. The van der Waals surface area contributed by atoms with E-state index >= 15 is 0 Å². The van der Waals surface area contributed by atoms with Gasteiger partial charge in [0, 0.05) is 21.8 Å². The van der Waals surface area contributed by atoms with Gasteiger partial charge in [0.15, 0.2) is 0 Å². The molecule has 0 bridgehead atoms. The van der Waals surface area contributed by atoms with Gasteiger partial charge in [-0.25, -0.2) is 4.98 Å². The molecule has 19 heavy (non-hydrogen) atoms. The highest BCUT2D eigenvalue weighted by atomic mass is 35.5. The Labute approximate surface area is 119 Å². The second kappa shape index (κ2) is 5.03. The average Bonchev–Trinajstić information content (AvgIpc) is 2.88. The maximum Gasteiger partial charge on any atom is 0.226 e. The van der Waals surface area contributed by atoms with Crippen LogP contribution in [0.1, 0.15) is 0 Å². The lowest BCUT2D eigenvalue weighted by atomic mass is 10.2. The maximum atomic E-state index is 5.96. The van der Waals surface area contributed by atoms with Crippen molar-refractivity contribution < 1.29 is 4.42 Å². The molecule has 3 rings (SSSR count). The molecule has 2 heterocycles. The van der Waals surface area contributed by atoms with Crippen LogP contribution in [-0.2, 0) is 0 Å². The third kappa shape index (κ3) is 2.62. The summed E-state index contributed by atoms with van der Waals surface area (Å²) in [5.74, 6) is 0.463. The van der Waals surface area contributed by atoms with Crippen LogP contribution in [0, 0.1) is 0 Å². The zero-order valence-corrected chi connectivity index (χ0v) is 11.2. The average molecular weight is 291 g/mol. The molecule has 0 unspecified atom stereocenters. The van der Waals surface area contributed by atoms with Crippen LogP contribution in [0.5, 0.6) is 0 Å². The van der Waals surface area contributed by atoms with Crippen molar-refractivity contribution in [2.45, 2.75) is 0 Å². The molecule has 1 aromatic carbocycles. The van der Waals surface area contributed by atoms with Gasteiger partial charge in [-0.05, 0) is 30.3 Å². The summed E-state index contributed by atoms with van der Waals surface area (Å²) < 4.78 is 5.45. The van der Waals surface area contributed by atoms with E-state index in [-0.39, 0.29) is 0 Å². The van der Waals surface area contributed by atoms with Crippen LogP contribution < -0.4 is 0 Å². The van der Waals surface area contributed by atoms with E-state index in [0.29, 0.717) is 21.6 Å². The first kappa shape index (κ1) is 12.2. The fourth-order valence-corrected chi connectivity index (χ4v) is 2.24. The van der Waals surface area contributed by atoms with E-state index in [1.165, 1.54) is 0 Å². The van der Waals surface area contributed by atoms with Crippen LogP contribution >= 0.6 is 23.2 Å². The summed E-state index contributed by atoms with van der Waals surface area (Å²) in [5.41, 5.74) is 2.16. The second-order valence-corrected chi connectivity index (χ2v) is 4.78. The van der Waals surface area contributed by atoms with Crippen LogP contribution in [0.2, 0.25) is 10.0 Å². The standard InChI is InChI=1S/C14H8Cl2N2O/c15-10-5-9(6-11(16)7-10)14-18-13(8-19-14)12-3-1-2-4-17-12/h1-8H. The first-order valence-electron chi connectivity index (χ1n) is 5.56. The molecule has 94 valence electrons. The van der Waals surface area contributed by atoms with E-state index in [0.717, 1.165) is 11.3 Å². The number of pyridine rings is 1. The lowest BCUT2D eigenvalue weighted by Crippen LogP contribution is -1.83. The number of hydrogen-bond donors (Lipinski definition) is 0. The molecule has 0 aliphatic carbocycles. The molecule has 0 amide bonds. The van der Waals surface area contributed by atoms with Crippen LogP contribution in [-0.4, -0.2) is 9.97 Å².